The highest BCUT2D eigenvalue weighted by Gasteiger charge is 2.30. The number of piperidine rings is 1. The lowest BCUT2D eigenvalue weighted by atomic mass is 9.89. The van der Waals surface area contributed by atoms with Gasteiger partial charge < -0.3 is 15.1 Å². The Morgan fingerprint density at radius 1 is 1.22 bits per heavy atom. The zero-order valence-electron chi connectivity index (χ0n) is 13.9. The molecule has 0 unspecified atom stereocenters. The second kappa shape index (κ2) is 6.11. The zero-order chi connectivity index (χ0) is 15.8. The van der Waals surface area contributed by atoms with Gasteiger partial charge in [0.1, 0.15) is 5.82 Å². The molecule has 5 nitrogen and oxygen atoms in total. The van der Waals surface area contributed by atoms with E-state index in [-0.39, 0.29) is 5.91 Å². The number of nitrogens with one attached hydrogen (secondary N) is 1. The second-order valence-corrected chi connectivity index (χ2v) is 7.13. The van der Waals surface area contributed by atoms with E-state index in [0.29, 0.717) is 12.6 Å². The quantitative estimate of drug-likeness (QED) is 0.924. The van der Waals surface area contributed by atoms with Crippen LogP contribution in [0.15, 0.2) is 12.1 Å². The number of hydrogen-bond acceptors (Lipinski definition) is 4. The SMILES string of the molecule is CN(c1ccc2c(n1)CCNC2=O)C1CCN(C2CCC2)CC1. The third kappa shape index (κ3) is 2.82. The van der Waals surface area contributed by atoms with Crippen molar-refractivity contribution in [2.24, 2.45) is 0 Å². The largest absolute Gasteiger partial charge is 0.357 e. The van der Waals surface area contributed by atoms with Gasteiger partial charge in [-0.25, -0.2) is 4.98 Å². The fourth-order valence-electron chi connectivity index (χ4n) is 4.05. The van der Waals surface area contributed by atoms with Crippen LogP contribution in [0.2, 0.25) is 0 Å². The first-order valence-electron chi connectivity index (χ1n) is 8.97. The zero-order valence-corrected chi connectivity index (χ0v) is 13.9. The molecule has 2 aliphatic heterocycles. The van der Waals surface area contributed by atoms with Crippen molar-refractivity contribution in [1.82, 2.24) is 15.2 Å². The van der Waals surface area contributed by atoms with Gasteiger partial charge in [-0.3, -0.25) is 4.79 Å². The molecule has 5 heteroatoms. The van der Waals surface area contributed by atoms with Crippen molar-refractivity contribution in [3.8, 4) is 0 Å². The summed E-state index contributed by atoms with van der Waals surface area (Å²) >= 11 is 0. The average molecular weight is 314 g/mol. The molecule has 1 saturated carbocycles. The predicted octanol–water partition coefficient (Wildman–Crippen LogP) is 1.82. The first-order chi connectivity index (χ1) is 11.2. The first-order valence-corrected chi connectivity index (χ1v) is 8.97. The molecule has 1 aliphatic carbocycles. The monoisotopic (exact) mass is 314 g/mol. The van der Waals surface area contributed by atoms with Crippen LogP contribution in [-0.4, -0.2) is 54.6 Å². The summed E-state index contributed by atoms with van der Waals surface area (Å²) < 4.78 is 0. The summed E-state index contributed by atoms with van der Waals surface area (Å²) in [5.74, 6) is 1.03. The Bertz CT molecular complexity index is 591. The van der Waals surface area contributed by atoms with Crippen LogP contribution in [0.5, 0.6) is 0 Å². The number of nitrogens with zero attached hydrogens (tertiary/aromatic N) is 3. The molecule has 124 valence electrons. The number of likely N-dealkylation sites (tertiary alicyclic amines) is 1. The van der Waals surface area contributed by atoms with Crippen molar-refractivity contribution in [2.75, 3.05) is 31.6 Å². The summed E-state index contributed by atoms with van der Waals surface area (Å²) in [6, 6.07) is 5.37. The predicted molar refractivity (Wildman–Crippen MR) is 90.9 cm³/mol. The van der Waals surface area contributed by atoms with Crippen molar-refractivity contribution in [2.45, 2.75) is 50.6 Å². The van der Waals surface area contributed by atoms with Crippen LogP contribution in [0.1, 0.15) is 48.2 Å². The molecule has 0 atom stereocenters. The van der Waals surface area contributed by atoms with E-state index >= 15 is 0 Å². The van der Waals surface area contributed by atoms with Gasteiger partial charge in [0.25, 0.3) is 5.91 Å². The molecule has 1 amide bonds. The van der Waals surface area contributed by atoms with E-state index in [4.69, 9.17) is 4.98 Å². The lowest BCUT2D eigenvalue weighted by molar-refractivity contribution is 0.0945. The Morgan fingerprint density at radius 2 is 2.00 bits per heavy atom. The molecule has 0 spiro atoms. The number of fused-ring (bicyclic) bond motifs is 1. The molecule has 1 aromatic heterocycles. The van der Waals surface area contributed by atoms with Crippen LogP contribution < -0.4 is 10.2 Å². The summed E-state index contributed by atoms with van der Waals surface area (Å²) in [5, 5.41) is 2.88. The number of rotatable bonds is 3. The number of anilines is 1. The summed E-state index contributed by atoms with van der Waals surface area (Å²) in [6.07, 6.45) is 7.47. The number of pyridine rings is 1. The summed E-state index contributed by atoms with van der Waals surface area (Å²) in [4.78, 5) is 21.6. The maximum atomic E-state index is 11.8. The Hall–Kier alpha value is -1.62. The van der Waals surface area contributed by atoms with Crippen LogP contribution in [-0.2, 0) is 6.42 Å². The van der Waals surface area contributed by atoms with Crippen LogP contribution in [0.3, 0.4) is 0 Å². The Kier molecular flexibility index (Phi) is 3.97. The Labute approximate surface area is 138 Å². The van der Waals surface area contributed by atoms with E-state index in [1.807, 2.05) is 12.1 Å². The standard InChI is InChI=1S/C18H26N4O/c1-21(13-8-11-22(12-9-13)14-3-2-4-14)17-6-5-15-16(20-17)7-10-19-18(15)23/h5-6,13-14H,2-4,7-12H2,1H3,(H,19,23). The van der Waals surface area contributed by atoms with E-state index in [9.17, 15) is 4.79 Å². The minimum Gasteiger partial charge on any atom is -0.357 e. The van der Waals surface area contributed by atoms with Crippen molar-refractivity contribution >= 4 is 11.7 Å². The van der Waals surface area contributed by atoms with Gasteiger partial charge in [0.2, 0.25) is 0 Å². The maximum Gasteiger partial charge on any atom is 0.253 e. The molecule has 1 N–H and O–H groups in total. The Morgan fingerprint density at radius 3 is 2.70 bits per heavy atom. The van der Waals surface area contributed by atoms with Gasteiger partial charge in [0.15, 0.2) is 0 Å². The van der Waals surface area contributed by atoms with Crippen LogP contribution in [0.4, 0.5) is 5.82 Å². The third-order valence-corrected chi connectivity index (χ3v) is 5.85. The van der Waals surface area contributed by atoms with Crippen molar-refractivity contribution in [3.05, 3.63) is 23.4 Å². The topological polar surface area (TPSA) is 48.5 Å². The van der Waals surface area contributed by atoms with Gasteiger partial charge in [0.05, 0.1) is 11.3 Å². The van der Waals surface area contributed by atoms with Crippen LogP contribution >= 0.6 is 0 Å². The summed E-state index contributed by atoms with van der Waals surface area (Å²) in [6.45, 7) is 3.13. The summed E-state index contributed by atoms with van der Waals surface area (Å²) in [5.41, 5.74) is 1.69. The van der Waals surface area contributed by atoms with Crippen LogP contribution in [0, 0.1) is 0 Å². The molecule has 0 aromatic carbocycles. The second-order valence-electron chi connectivity index (χ2n) is 7.13. The van der Waals surface area contributed by atoms with Gasteiger partial charge in [0, 0.05) is 45.2 Å². The third-order valence-electron chi connectivity index (χ3n) is 5.85. The highest BCUT2D eigenvalue weighted by Crippen LogP contribution is 2.29. The van der Waals surface area contributed by atoms with Gasteiger partial charge in [-0.05, 0) is 37.8 Å². The molecular formula is C18H26N4O. The van der Waals surface area contributed by atoms with Crippen molar-refractivity contribution < 1.29 is 4.79 Å². The van der Waals surface area contributed by atoms with E-state index in [1.165, 1.54) is 45.2 Å². The lowest BCUT2D eigenvalue weighted by Crippen LogP contribution is -2.49. The average Bonchev–Trinajstić information content (AvgIpc) is 2.53. The molecule has 1 saturated heterocycles. The highest BCUT2D eigenvalue weighted by molar-refractivity contribution is 5.96. The molecule has 0 bridgehead atoms. The normalized spacial score (nSPS) is 23.1. The van der Waals surface area contributed by atoms with E-state index in [0.717, 1.165) is 29.5 Å². The van der Waals surface area contributed by atoms with E-state index in [1.54, 1.807) is 0 Å². The van der Waals surface area contributed by atoms with Gasteiger partial charge in [-0.1, -0.05) is 6.42 Å². The van der Waals surface area contributed by atoms with Crippen molar-refractivity contribution in [3.63, 3.8) is 0 Å². The molecule has 0 radical (unpaired) electrons. The molecule has 3 aliphatic rings. The number of amides is 1. The molecule has 23 heavy (non-hydrogen) atoms. The maximum absolute atomic E-state index is 11.8. The number of aromatic nitrogens is 1. The van der Waals surface area contributed by atoms with Gasteiger partial charge >= 0.3 is 0 Å². The Balaban J connectivity index is 1.43. The summed E-state index contributed by atoms with van der Waals surface area (Å²) in [7, 11) is 2.15. The molecule has 2 fully saturated rings. The van der Waals surface area contributed by atoms with Gasteiger partial charge in [-0.2, -0.15) is 0 Å². The van der Waals surface area contributed by atoms with Crippen molar-refractivity contribution in [1.29, 1.82) is 0 Å². The molecule has 4 rings (SSSR count). The lowest BCUT2D eigenvalue weighted by Gasteiger charge is -2.43. The molecule has 3 heterocycles. The minimum absolute atomic E-state index is 0.0155. The number of carbonyl (C=O) groups excluding carboxylic acids is 1. The number of carbonyl (C=O) groups is 1. The van der Waals surface area contributed by atoms with Crippen LogP contribution in [0.25, 0.3) is 0 Å². The highest BCUT2D eigenvalue weighted by atomic mass is 16.1. The number of hydrogen-bond donors (Lipinski definition) is 1. The first kappa shape index (κ1) is 14.9. The van der Waals surface area contributed by atoms with Gasteiger partial charge in [-0.15, -0.1) is 0 Å². The fraction of sp³-hybridized carbons (Fsp3) is 0.667. The van der Waals surface area contributed by atoms with E-state index < -0.39 is 0 Å². The smallest absolute Gasteiger partial charge is 0.253 e. The minimum atomic E-state index is 0.0155. The van der Waals surface area contributed by atoms with E-state index in [2.05, 4.69) is 22.2 Å². The fourth-order valence-corrected chi connectivity index (χ4v) is 4.05. The molecule has 1 aromatic rings. The molecular weight excluding hydrogens is 288 g/mol.